The lowest BCUT2D eigenvalue weighted by molar-refractivity contribution is 0.126. The first-order valence-corrected chi connectivity index (χ1v) is 13.2. The average molecular weight is 515 g/mol. The number of aliphatic hydroxyl groups is 1. The van der Waals surface area contributed by atoms with E-state index in [2.05, 4.69) is 36.2 Å². The van der Waals surface area contributed by atoms with Gasteiger partial charge in [0.2, 0.25) is 0 Å². The molecule has 1 aromatic carbocycles. The molecule has 6 nitrogen and oxygen atoms in total. The van der Waals surface area contributed by atoms with Gasteiger partial charge in [0.15, 0.2) is 0 Å². The van der Waals surface area contributed by atoms with Crippen LogP contribution in [0.1, 0.15) is 69.1 Å². The molecule has 192 valence electrons. The summed E-state index contributed by atoms with van der Waals surface area (Å²) >= 11 is 12.1. The number of nitrogens with zero attached hydrogens (tertiary/aromatic N) is 1. The van der Waals surface area contributed by atoms with Gasteiger partial charge >= 0.3 is 0 Å². The molecule has 1 unspecified atom stereocenters. The Hall–Kier alpha value is -1.28. The van der Waals surface area contributed by atoms with E-state index in [-0.39, 0.29) is 0 Å². The zero-order valence-electron chi connectivity index (χ0n) is 20.6. The summed E-state index contributed by atoms with van der Waals surface area (Å²) in [5.74, 6) is 2.09. The van der Waals surface area contributed by atoms with Gasteiger partial charge in [-0.05, 0) is 68.7 Å². The van der Waals surface area contributed by atoms with Crippen LogP contribution >= 0.6 is 23.2 Å². The van der Waals surface area contributed by atoms with Gasteiger partial charge in [0, 0.05) is 26.2 Å². The zero-order chi connectivity index (χ0) is 24.8. The van der Waals surface area contributed by atoms with Crippen LogP contribution in [-0.4, -0.2) is 49.4 Å². The number of nitrogens with two attached hydrogens (primary N) is 1. The molecule has 1 heterocycles. The fourth-order valence-electron chi connectivity index (χ4n) is 3.72. The van der Waals surface area contributed by atoms with Crippen LogP contribution in [0.5, 0.6) is 0 Å². The largest absolute Gasteiger partial charge is 0.465 e. The number of nitrogens with one attached hydrogen (secondary N) is 1. The van der Waals surface area contributed by atoms with Crippen molar-refractivity contribution in [2.75, 3.05) is 45.1 Å². The van der Waals surface area contributed by atoms with Crippen molar-refractivity contribution < 1.29 is 14.3 Å². The van der Waals surface area contributed by atoms with Gasteiger partial charge in [-0.25, -0.2) is 0 Å². The quantitative estimate of drug-likeness (QED) is 0.171. The molecular weight excluding hydrogens is 473 g/mol. The highest BCUT2D eigenvalue weighted by Gasteiger charge is 2.12. The Kier molecular flexibility index (Phi) is 14.0. The van der Waals surface area contributed by atoms with Crippen molar-refractivity contribution in [3.05, 3.63) is 51.4 Å². The lowest BCUT2D eigenvalue weighted by Crippen LogP contribution is -2.22. The molecule has 2 aromatic rings. The number of hydrogen-bond acceptors (Lipinski definition) is 6. The highest BCUT2D eigenvalue weighted by Crippen LogP contribution is 2.31. The van der Waals surface area contributed by atoms with Gasteiger partial charge in [-0.1, -0.05) is 49.9 Å². The van der Waals surface area contributed by atoms with Crippen molar-refractivity contribution in [2.45, 2.75) is 65.0 Å². The van der Waals surface area contributed by atoms with E-state index in [0.29, 0.717) is 27.8 Å². The summed E-state index contributed by atoms with van der Waals surface area (Å²) in [7, 11) is 0. The van der Waals surface area contributed by atoms with Gasteiger partial charge in [0.05, 0.1) is 28.4 Å². The lowest BCUT2D eigenvalue weighted by Gasteiger charge is -2.15. The highest BCUT2D eigenvalue weighted by molar-refractivity contribution is 6.38. The van der Waals surface area contributed by atoms with Crippen molar-refractivity contribution in [1.29, 1.82) is 0 Å². The number of aryl methyl sites for hydroxylation is 1. The van der Waals surface area contributed by atoms with Crippen LogP contribution < -0.4 is 11.1 Å². The van der Waals surface area contributed by atoms with Crippen molar-refractivity contribution >= 4 is 28.9 Å². The van der Waals surface area contributed by atoms with E-state index in [4.69, 9.17) is 38.1 Å². The Morgan fingerprint density at radius 1 is 1.00 bits per heavy atom. The van der Waals surface area contributed by atoms with E-state index in [0.717, 1.165) is 89.4 Å². The molecule has 0 radical (unpaired) electrons. The van der Waals surface area contributed by atoms with Gasteiger partial charge < -0.3 is 25.3 Å². The fraction of sp³-hybridized carbons (Fsp3) is 0.615. The number of furan rings is 1. The monoisotopic (exact) mass is 513 g/mol. The van der Waals surface area contributed by atoms with Gasteiger partial charge in [0.1, 0.15) is 11.5 Å². The minimum absolute atomic E-state index is 0.341. The molecule has 1 aromatic heterocycles. The molecule has 8 heteroatoms. The summed E-state index contributed by atoms with van der Waals surface area (Å²) in [6, 6.07) is 7.50. The van der Waals surface area contributed by atoms with E-state index in [9.17, 15) is 5.11 Å². The maximum atomic E-state index is 10.3. The molecule has 0 saturated heterocycles. The average Bonchev–Trinajstić information content (AvgIpc) is 3.28. The minimum atomic E-state index is -0.667. The molecule has 34 heavy (non-hydrogen) atoms. The van der Waals surface area contributed by atoms with Crippen LogP contribution in [0, 0.1) is 0 Å². The predicted molar refractivity (Wildman–Crippen MR) is 142 cm³/mol. The van der Waals surface area contributed by atoms with Crippen LogP contribution in [0.15, 0.2) is 28.7 Å². The van der Waals surface area contributed by atoms with Crippen molar-refractivity contribution in [2.24, 2.45) is 0 Å². The summed E-state index contributed by atoms with van der Waals surface area (Å²) in [6.07, 6.45) is 5.64. The van der Waals surface area contributed by atoms with E-state index in [1.54, 1.807) is 12.1 Å². The second kappa shape index (κ2) is 16.4. The molecular formula is C26H41Cl2N3O3. The van der Waals surface area contributed by atoms with Crippen LogP contribution in [0.3, 0.4) is 0 Å². The Balaban J connectivity index is 1.43. The third-order valence-corrected chi connectivity index (χ3v) is 6.54. The number of unbranched alkanes of at least 4 members (excludes halogenated alkanes) is 3. The normalized spacial score (nSPS) is 12.5. The summed E-state index contributed by atoms with van der Waals surface area (Å²) in [6.45, 7) is 10.2. The third kappa shape index (κ3) is 10.5. The van der Waals surface area contributed by atoms with Crippen LogP contribution in [0.25, 0.3) is 0 Å². The Labute approximate surface area is 214 Å². The number of halogens is 2. The zero-order valence-corrected chi connectivity index (χ0v) is 22.1. The van der Waals surface area contributed by atoms with Crippen LogP contribution in [0.4, 0.5) is 5.69 Å². The standard InChI is InChI=1S/C26H41Cl2N3O3/c1-3-31(4-2)19-22-12-11-21(34-22)10-9-15-33-14-8-6-5-7-13-30-18-25(32)20-16-23(27)26(29)24(28)17-20/h11-12,16-17,25,30,32H,3-10,13-15,18-19,29H2,1-2H3. The van der Waals surface area contributed by atoms with Gasteiger partial charge in [-0.15, -0.1) is 0 Å². The fourth-order valence-corrected chi connectivity index (χ4v) is 4.22. The maximum absolute atomic E-state index is 10.3. The SMILES string of the molecule is CCN(CC)Cc1ccc(CCCOCCCCCCNCC(O)c2cc(Cl)c(N)c(Cl)c2)o1. The van der Waals surface area contributed by atoms with Crippen LogP contribution in [-0.2, 0) is 17.7 Å². The van der Waals surface area contributed by atoms with E-state index < -0.39 is 6.10 Å². The van der Waals surface area contributed by atoms with E-state index >= 15 is 0 Å². The number of hydrogen-bond donors (Lipinski definition) is 3. The number of benzene rings is 1. The molecule has 0 aliphatic heterocycles. The number of anilines is 1. The summed E-state index contributed by atoms with van der Waals surface area (Å²) in [5.41, 5.74) is 6.74. The second-order valence-corrected chi connectivity index (χ2v) is 9.39. The van der Waals surface area contributed by atoms with Gasteiger partial charge in [-0.2, -0.15) is 0 Å². The molecule has 0 fully saturated rings. The van der Waals surface area contributed by atoms with E-state index in [1.165, 1.54) is 0 Å². The first kappa shape index (κ1) is 29.0. The summed E-state index contributed by atoms with van der Waals surface area (Å²) < 4.78 is 11.7. The predicted octanol–water partition coefficient (Wildman–Crippen LogP) is 5.84. The van der Waals surface area contributed by atoms with Gasteiger partial charge in [0.25, 0.3) is 0 Å². The molecule has 0 saturated carbocycles. The molecule has 1 atom stereocenters. The summed E-state index contributed by atoms with van der Waals surface area (Å²) in [4.78, 5) is 2.35. The maximum Gasteiger partial charge on any atom is 0.118 e. The first-order chi connectivity index (χ1) is 16.4. The number of ether oxygens (including phenoxy) is 1. The van der Waals surface area contributed by atoms with Crippen molar-refractivity contribution in [1.82, 2.24) is 10.2 Å². The molecule has 0 bridgehead atoms. The Morgan fingerprint density at radius 3 is 2.35 bits per heavy atom. The molecule has 0 amide bonds. The summed E-state index contributed by atoms with van der Waals surface area (Å²) in [5, 5.41) is 14.3. The van der Waals surface area contributed by atoms with Crippen molar-refractivity contribution in [3.8, 4) is 0 Å². The third-order valence-electron chi connectivity index (χ3n) is 5.92. The molecule has 0 aliphatic rings. The minimum Gasteiger partial charge on any atom is -0.465 e. The number of rotatable bonds is 18. The van der Waals surface area contributed by atoms with Crippen molar-refractivity contribution in [3.63, 3.8) is 0 Å². The Bertz CT molecular complexity index is 804. The molecule has 4 N–H and O–H groups in total. The number of aliphatic hydroxyl groups excluding tert-OH is 1. The topological polar surface area (TPSA) is 83.9 Å². The number of nitrogen functional groups attached to an aromatic ring is 1. The molecule has 0 aliphatic carbocycles. The first-order valence-electron chi connectivity index (χ1n) is 12.4. The van der Waals surface area contributed by atoms with Crippen LogP contribution in [0.2, 0.25) is 10.0 Å². The van der Waals surface area contributed by atoms with Gasteiger partial charge in [-0.3, -0.25) is 4.90 Å². The smallest absolute Gasteiger partial charge is 0.118 e. The molecule has 0 spiro atoms. The Morgan fingerprint density at radius 2 is 1.65 bits per heavy atom. The second-order valence-electron chi connectivity index (χ2n) is 8.58. The molecule has 2 rings (SSSR count). The lowest BCUT2D eigenvalue weighted by atomic mass is 10.1. The highest BCUT2D eigenvalue weighted by atomic mass is 35.5. The van der Waals surface area contributed by atoms with E-state index in [1.807, 2.05) is 0 Å².